The SMILES string of the molecule is O=Cc1cc([N+](=O)[O-])ccc1OCC(=O)Nc1ccccc1Sc1ccccc1. The van der Waals surface area contributed by atoms with Gasteiger partial charge in [-0.25, -0.2) is 0 Å². The molecule has 0 aromatic heterocycles. The number of para-hydroxylation sites is 1. The second-order valence-electron chi connectivity index (χ2n) is 5.85. The number of rotatable bonds is 8. The Kier molecular flexibility index (Phi) is 6.59. The van der Waals surface area contributed by atoms with E-state index in [-0.39, 0.29) is 23.6 Å². The average molecular weight is 408 g/mol. The summed E-state index contributed by atoms with van der Waals surface area (Å²) >= 11 is 1.52. The van der Waals surface area contributed by atoms with Gasteiger partial charge in [-0.1, -0.05) is 42.1 Å². The Morgan fingerprint density at radius 2 is 1.79 bits per heavy atom. The first-order valence-electron chi connectivity index (χ1n) is 8.55. The second kappa shape index (κ2) is 9.52. The number of nitrogens with zero attached hydrogens (tertiary/aromatic N) is 1. The summed E-state index contributed by atoms with van der Waals surface area (Å²) < 4.78 is 5.38. The number of amides is 1. The smallest absolute Gasteiger partial charge is 0.270 e. The summed E-state index contributed by atoms with van der Waals surface area (Å²) in [6.07, 6.45) is 0.450. The van der Waals surface area contributed by atoms with Crippen LogP contribution in [0.25, 0.3) is 0 Å². The van der Waals surface area contributed by atoms with E-state index in [1.165, 1.54) is 23.9 Å². The fourth-order valence-corrected chi connectivity index (χ4v) is 3.40. The molecule has 3 aromatic rings. The van der Waals surface area contributed by atoms with Crippen molar-refractivity contribution in [3.05, 3.63) is 88.5 Å². The minimum atomic E-state index is -0.606. The highest BCUT2D eigenvalue weighted by atomic mass is 32.2. The van der Waals surface area contributed by atoms with Crippen molar-refractivity contribution < 1.29 is 19.2 Å². The molecule has 0 saturated heterocycles. The molecule has 1 N–H and O–H groups in total. The summed E-state index contributed by atoms with van der Waals surface area (Å²) in [6, 6.07) is 20.7. The van der Waals surface area contributed by atoms with Gasteiger partial charge in [-0.05, 0) is 30.3 Å². The predicted octanol–water partition coefficient (Wildman–Crippen LogP) is 4.58. The zero-order valence-corrected chi connectivity index (χ0v) is 15.9. The van der Waals surface area contributed by atoms with E-state index in [0.717, 1.165) is 15.9 Å². The molecule has 0 fully saturated rings. The van der Waals surface area contributed by atoms with Crippen molar-refractivity contribution in [3.63, 3.8) is 0 Å². The molecule has 29 heavy (non-hydrogen) atoms. The predicted molar refractivity (Wildman–Crippen MR) is 110 cm³/mol. The normalized spacial score (nSPS) is 10.2. The first-order valence-corrected chi connectivity index (χ1v) is 9.36. The number of aldehydes is 1. The molecule has 146 valence electrons. The van der Waals surface area contributed by atoms with Crippen LogP contribution in [0.3, 0.4) is 0 Å². The average Bonchev–Trinajstić information content (AvgIpc) is 2.74. The van der Waals surface area contributed by atoms with Crippen LogP contribution in [0.15, 0.2) is 82.6 Å². The van der Waals surface area contributed by atoms with Gasteiger partial charge >= 0.3 is 0 Å². The number of ether oxygens (including phenoxy) is 1. The Bertz CT molecular complexity index is 1040. The summed E-state index contributed by atoms with van der Waals surface area (Å²) in [5, 5.41) is 13.6. The third-order valence-electron chi connectivity index (χ3n) is 3.82. The number of carbonyl (C=O) groups is 2. The van der Waals surface area contributed by atoms with Crippen molar-refractivity contribution in [2.75, 3.05) is 11.9 Å². The zero-order valence-electron chi connectivity index (χ0n) is 15.1. The molecule has 0 spiro atoms. The minimum Gasteiger partial charge on any atom is -0.483 e. The number of hydrogen-bond acceptors (Lipinski definition) is 6. The van der Waals surface area contributed by atoms with Crippen molar-refractivity contribution in [2.45, 2.75) is 9.79 Å². The van der Waals surface area contributed by atoms with Gasteiger partial charge in [0.25, 0.3) is 11.6 Å². The molecule has 0 unspecified atom stereocenters. The molecule has 0 aliphatic carbocycles. The quantitative estimate of drug-likeness (QED) is 0.333. The summed E-state index contributed by atoms with van der Waals surface area (Å²) in [4.78, 5) is 35.6. The lowest BCUT2D eigenvalue weighted by molar-refractivity contribution is -0.384. The van der Waals surface area contributed by atoms with E-state index < -0.39 is 10.8 Å². The van der Waals surface area contributed by atoms with Crippen LogP contribution in [0.5, 0.6) is 5.75 Å². The molecule has 0 bridgehead atoms. The van der Waals surface area contributed by atoms with Gasteiger partial charge < -0.3 is 10.1 Å². The summed E-state index contributed by atoms with van der Waals surface area (Å²) in [6.45, 7) is -0.344. The molecule has 7 nitrogen and oxygen atoms in total. The van der Waals surface area contributed by atoms with Crippen molar-refractivity contribution in [2.24, 2.45) is 0 Å². The highest BCUT2D eigenvalue weighted by Crippen LogP contribution is 2.33. The van der Waals surface area contributed by atoms with Gasteiger partial charge in [-0.3, -0.25) is 19.7 Å². The molecule has 0 radical (unpaired) electrons. The van der Waals surface area contributed by atoms with Crippen molar-refractivity contribution >= 4 is 35.3 Å². The molecular weight excluding hydrogens is 392 g/mol. The number of carbonyl (C=O) groups excluding carboxylic acids is 2. The maximum atomic E-state index is 12.3. The lowest BCUT2D eigenvalue weighted by Crippen LogP contribution is -2.20. The van der Waals surface area contributed by atoms with Crippen LogP contribution in [-0.4, -0.2) is 23.7 Å². The number of anilines is 1. The van der Waals surface area contributed by atoms with E-state index in [2.05, 4.69) is 5.32 Å². The number of non-ortho nitro benzene ring substituents is 1. The topological polar surface area (TPSA) is 98.5 Å². The second-order valence-corrected chi connectivity index (χ2v) is 6.96. The van der Waals surface area contributed by atoms with Crippen molar-refractivity contribution in [3.8, 4) is 5.75 Å². The molecule has 8 heteroatoms. The molecule has 0 heterocycles. The number of hydrogen-bond donors (Lipinski definition) is 1. The maximum absolute atomic E-state index is 12.3. The van der Waals surface area contributed by atoms with Crippen LogP contribution in [0.4, 0.5) is 11.4 Å². The van der Waals surface area contributed by atoms with Crippen LogP contribution in [0, 0.1) is 10.1 Å². The monoisotopic (exact) mass is 408 g/mol. The van der Waals surface area contributed by atoms with Crippen LogP contribution in [0.2, 0.25) is 0 Å². The fourth-order valence-electron chi connectivity index (χ4n) is 2.48. The molecule has 1 amide bonds. The van der Waals surface area contributed by atoms with E-state index in [0.29, 0.717) is 12.0 Å². The lowest BCUT2D eigenvalue weighted by Gasteiger charge is -2.12. The third kappa shape index (κ3) is 5.43. The van der Waals surface area contributed by atoms with Gasteiger partial charge in [0, 0.05) is 21.9 Å². The maximum Gasteiger partial charge on any atom is 0.270 e. The van der Waals surface area contributed by atoms with Gasteiger partial charge in [0.2, 0.25) is 0 Å². The summed E-state index contributed by atoms with van der Waals surface area (Å²) in [5.41, 5.74) is 0.414. The van der Waals surface area contributed by atoms with E-state index in [1.54, 1.807) is 6.07 Å². The van der Waals surface area contributed by atoms with Crippen molar-refractivity contribution in [1.82, 2.24) is 0 Å². The highest BCUT2D eigenvalue weighted by molar-refractivity contribution is 7.99. The molecule has 0 aliphatic heterocycles. The standard InChI is InChI=1S/C21H16N2O5S/c24-13-15-12-16(23(26)27)10-11-19(15)28-14-21(25)22-18-8-4-5-9-20(18)29-17-6-2-1-3-7-17/h1-13H,14H2,(H,22,25). The number of nitrogens with one attached hydrogen (secondary N) is 1. The Morgan fingerprint density at radius 1 is 1.07 bits per heavy atom. The summed E-state index contributed by atoms with van der Waals surface area (Å²) in [5.74, 6) is -0.311. The Hall–Kier alpha value is -3.65. The largest absolute Gasteiger partial charge is 0.483 e. The van der Waals surface area contributed by atoms with Crippen LogP contribution in [0.1, 0.15) is 10.4 Å². The van der Waals surface area contributed by atoms with Gasteiger partial charge in [0.15, 0.2) is 12.9 Å². The van der Waals surface area contributed by atoms with E-state index in [4.69, 9.17) is 4.74 Å². The zero-order chi connectivity index (χ0) is 20.6. The molecule has 0 aliphatic rings. The summed E-state index contributed by atoms with van der Waals surface area (Å²) in [7, 11) is 0. The fraction of sp³-hybridized carbons (Fsp3) is 0.0476. The number of nitro groups is 1. The van der Waals surface area contributed by atoms with Crippen LogP contribution in [-0.2, 0) is 4.79 Å². The highest BCUT2D eigenvalue weighted by Gasteiger charge is 2.13. The number of nitro benzene ring substituents is 1. The molecule has 0 atom stereocenters. The van der Waals surface area contributed by atoms with E-state index in [1.807, 2.05) is 48.5 Å². The van der Waals surface area contributed by atoms with Gasteiger partial charge in [-0.2, -0.15) is 0 Å². The lowest BCUT2D eigenvalue weighted by atomic mass is 10.2. The Morgan fingerprint density at radius 3 is 2.52 bits per heavy atom. The first kappa shape index (κ1) is 20.1. The molecule has 3 rings (SSSR count). The minimum absolute atomic E-state index is 0.00651. The van der Waals surface area contributed by atoms with Gasteiger partial charge in [0.1, 0.15) is 5.75 Å². The molecule has 0 saturated carbocycles. The Balaban J connectivity index is 1.66. The van der Waals surface area contributed by atoms with Gasteiger partial charge in [-0.15, -0.1) is 0 Å². The Labute approximate surface area is 170 Å². The third-order valence-corrected chi connectivity index (χ3v) is 4.91. The van der Waals surface area contributed by atoms with E-state index in [9.17, 15) is 19.7 Å². The van der Waals surface area contributed by atoms with Crippen molar-refractivity contribution in [1.29, 1.82) is 0 Å². The molecule has 3 aromatic carbocycles. The number of benzene rings is 3. The van der Waals surface area contributed by atoms with Crippen LogP contribution < -0.4 is 10.1 Å². The van der Waals surface area contributed by atoms with Crippen LogP contribution >= 0.6 is 11.8 Å². The van der Waals surface area contributed by atoms with Gasteiger partial charge in [0.05, 0.1) is 16.2 Å². The first-order chi connectivity index (χ1) is 14.1. The van der Waals surface area contributed by atoms with E-state index >= 15 is 0 Å². The molecular formula is C21H16N2O5S.